The predicted molar refractivity (Wildman–Crippen MR) is 62.3 cm³/mol. The Bertz CT molecular complexity index is 293. The zero-order valence-corrected chi connectivity index (χ0v) is 9.82. The van der Waals surface area contributed by atoms with Gasteiger partial charge in [-0.2, -0.15) is 0 Å². The number of hydrogen-bond acceptors (Lipinski definition) is 0. The van der Waals surface area contributed by atoms with E-state index in [0.29, 0.717) is 0 Å². The summed E-state index contributed by atoms with van der Waals surface area (Å²) >= 11 is 3.37. The first-order valence-electron chi connectivity index (χ1n) is 4.48. The van der Waals surface area contributed by atoms with E-state index in [-0.39, 0.29) is 0 Å². The summed E-state index contributed by atoms with van der Waals surface area (Å²) in [6.45, 7) is 8.11. The van der Waals surface area contributed by atoms with Crippen LogP contribution in [-0.4, -0.2) is 0 Å². The van der Waals surface area contributed by atoms with E-state index in [1.807, 2.05) is 0 Å². The second-order valence-electron chi connectivity index (χ2n) is 3.51. The molecule has 0 amide bonds. The Hall–Kier alpha value is -0.560. The molecule has 0 radical (unpaired) electrons. The van der Waals surface area contributed by atoms with Gasteiger partial charge in [-0.25, -0.2) is 0 Å². The highest BCUT2D eigenvalue weighted by Gasteiger charge is 1.96. The number of rotatable bonds is 3. The molecule has 0 fully saturated rings. The molecule has 0 nitrogen and oxygen atoms in total. The van der Waals surface area contributed by atoms with Crippen molar-refractivity contribution in [1.29, 1.82) is 0 Å². The van der Waals surface area contributed by atoms with Gasteiger partial charge in [0.05, 0.1) is 0 Å². The van der Waals surface area contributed by atoms with Crippen molar-refractivity contribution in [3.05, 3.63) is 46.0 Å². The fraction of sp³-hybridized carbons (Fsp3) is 0.333. The van der Waals surface area contributed by atoms with Gasteiger partial charge in [0.1, 0.15) is 0 Å². The van der Waals surface area contributed by atoms with Crippen molar-refractivity contribution in [2.24, 2.45) is 0 Å². The number of allylic oxidation sites excluding steroid dienone is 1. The van der Waals surface area contributed by atoms with Crippen molar-refractivity contribution in [3.8, 4) is 0 Å². The van der Waals surface area contributed by atoms with E-state index < -0.39 is 0 Å². The number of aryl methyl sites for hydroxylation is 3. The Labute approximate surface area is 88.8 Å². The van der Waals surface area contributed by atoms with E-state index in [1.165, 1.54) is 16.7 Å². The molecule has 0 heterocycles. The third kappa shape index (κ3) is 3.77. The normalized spacial score (nSPS) is 10.1. The maximum Gasteiger partial charge on any atom is -0.0118 e. The minimum absolute atomic E-state index is 1.02. The van der Waals surface area contributed by atoms with Gasteiger partial charge in [-0.05, 0) is 36.7 Å². The van der Waals surface area contributed by atoms with Gasteiger partial charge in [-0.15, -0.1) is 0 Å². The van der Waals surface area contributed by atoms with Crippen LogP contribution in [0.2, 0.25) is 0 Å². The molecule has 0 bridgehead atoms. The maximum atomic E-state index is 3.83. The van der Waals surface area contributed by atoms with Gasteiger partial charge >= 0.3 is 0 Å². The largest absolute Gasteiger partial charge is 0.0888 e. The van der Waals surface area contributed by atoms with Crippen LogP contribution in [0.15, 0.2) is 29.3 Å². The molecular formula is C12H15Br. The molecule has 0 N–H and O–H groups in total. The lowest BCUT2D eigenvalue weighted by Gasteiger charge is -2.03. The Kier molecular flexibility index (Phi) is 3.73. The number of halogens is 1. The van der Waals surface area contributed by atoms with Crippen LogP contribution >= 0.6 is 15.9 Å². The van der Waals surface area contributed by atoms with Gasteiger partial charge in [0.2, 0.25) is 0 Å². The van der Waals surface area contributed by atoms with E-state index in [0.717, 1.165) is 17.3 Å². The summed E-state index contributed by atoms with van der Waals surface area (Å²) in [6, 6.07) is 6.68. The summed E-state index contributed by atoms with van der Waals surface area (Å²) in [4.78, 5) is 0. The average Bonchev–Trinajstić information content (AvgIpc) is 1.99. The molecule has 0 unspecified atom stereocenters. The summed E-state index contributed by atoms with van der Waals surface area (Å²) in [6.07, 6.45) is 2.09. The summed E-state index contributed by atoms with van der Waals surface area (Å²) in [7, 11) is 0. The van der Waals surface area contributed by atoms with E-state index in [2.05, 4.69) is 54.6 Å². The first-order chi connectivity index (χ1) is 6.08. The smallest absolute Gasteiger partial charge is 0.0118 e. The minimum atomic E-state index is 1.02. The fourth-order valence-corrected chi connectivity index (χ4v) is 1.69. The van der Waals surface area contributed by atoms with Crippen molar-refractivity contribution < 1.29 is 0 Å². The quantitative estimate of drug-likeness (QED) is 0.743. The monoisotopic (exact) mass is 238 g/mol. The molecule has 0 saturated carbocycles. The summed E-state index contributed by atoms with van der Waals surface area (Å²) in [5.74, 6) is 0. The van der Waals surface area contributed by atoms with Crippen molar-refractivity contribution in [2.45, 2.75) is 26.7 Å². The van der Waals surface area contributed by atoms with E-state index in [9.17, 15) is 0 Å². The molecule has 70 valence electrons. The van der Waals surface area contributed by atoms with Gasteiger partial charge in [0.15, 0.2) is 0 Å². The third-order valence-electron chi connectivity index (χ3n) is 1.97. The summed E-state index contributed by atoms with van der Waals surface area (Å²) in [5.41, 5.74) is 4.09. The van der Waals surface area contributed by atoms with E-state index in [4.69, 9.17) is 0 Å². The molecule has 1 rings (SSSR count). The Morgan fingerprint density at radius 3 is 2.23 bits per heavy atom. The van der Waals surface area contributed by atoms with Crippen LogP contribution in [0.3, 0.4) is 0 Å². The number of benzene rings is 1. The maximum absolute atomic E-state index is 3.83. The molecule has 0 atom stereocenters. The highest BCUT2D eigenvalue weighted by Crippen LogP contribution is 2.15. The zero-order chi connectivity index (χ0) is 9.84. The van der Waals surface area contributed by atoms with Gasteiger partial charge in [-0.1, -0.05) is 51.8 Å². The predicted octanol–water partition coefficient (Wildman–Crippen LogP) is 4.14. The van der Waals surface area contributed by atoms with Crippen LogP contribution in [0.5, 0.6) is 0 Å². The van der Waals surface area contributed by atoms with Crippen LogP contribution in [0.4, 0.5) is 0 Å². The lowest BCUT2D eigenvalue weighted by Crippen LogP contribution is -1.87. The molecular weight excluding hydrogens is 224 g/mol. The molecule has 1 heteroatoms. The van der Waals surface area contributed by atoms with Crippen molar-refractivity contribution >= 4 is 15.9 Å². The second kappa shape index (κ2) is 4.61. The molecule has 0 aliphatic carbocycles. The first kappa shape index (κ1) is 10.5. The lowest BCUT2D eigenvalue weighted by molar-refractivity contribution is 0.989. The highest BCUT2D eigenvalue weighted by molar-refractivity contribution is 9.11. The summed E-state index contributed by atoms with van der Waals surface area (Å²) < 4.78 is 1.08. The highest BCUT2D eigenvalue weighted by atomic mass is 79.9. The standard InChI is InChI=1S/C12H15Br/c1-9-6-10(2)8-12(7-9)5-4-11(3)13/h6-8H,3-5H2,1-2H3. The zero-order valence-electron chi connectivity index (χ0n) is 8.23. The SMILES string of the molecule is C=C(Br)CCc1cc(C)cc(C)c1. The van der Waals surface area contributed by atoms with Crippen molar-refractivity contribution in [2.75, 3.05) is 0 Å². The Morgan fingerprint density at radius 1 is 1.23 bits per heavy atom. The summed E-state index contributed by atoms with van der Waals surface area (Å²) in [5, 5.41) is 0. The van der Waals surface area contributed by atoms with Crippen LogP contribution in [0, 0.1) is 13.8 Å². The topological polar surface area (TPSA) is 0 Å². The third-order valence-corrected chi connectivity index (χ3v) is 2.36. The second-order valence-corrected chi connectivity index (χ2v) is 4.63. The van der Waals surface area contributed by atoms with E-state index in [1.54, 1.807) is 0 Å². The average molecular weight is 239 g/mol. The molecule has 0 saturated heterocycles. The minimum Gasteiger partial charge on any atom is -0.0888 e. The van der Waals surface area contributed by atoms with E-state index >= 15 is 0 Å². The molecule has 0 aliphatic heterocycles. The van der Waals surface area contributed by atoms with Gasteiger partial charge in [0.25, 0.3) is 0 Å². The number of hydrogen-bond donors (Lipinski definition) is 0. The molecule has 0 aromatic heterocycles. The van der Waals surface area contributed by atoms with Crippen molar-refractivity contribution in [1.82, 2.24) is 0 Å². The van der Waals surface area contributed by atoms with Crippen LogP contribution in [0.25, 0.3) is 0 Å². The molecule has 0 aliphatic rings. The van der Waals surface area contributed by atoms with Gasteiger partial charge in [0, 0.05) is 0 Å². The van der Waals surface area contributed by atoms with Crippen molar-refractivity contribution in [3.63, 3.8) is 0 Å². The van der Waals surface area contributed by atoms with Gasteiger partial charge < -0.3 is 0 Å². The lowest BCUT2D eigenvalue weighted by atomic mass is 10.0. The molecule has 1 aromatic rings. The Morgan fingerprint density at radius 2 is 1.77 bits per heavy atom. The Balaban J connectivity index is 2.71. The van der Waals surface area contributed by atoms with Gasteiger partial charge in [-0.3, -0.25) is 0 Å². The molecule has 1 aromatic carbocycles. The fourth-order valence-electron chi connectivity index (χ4n) is 1.49. The van der Waals surface area contributed by atoms with Crippen LogP contribution in [-0.2, 0) is 6.42 Å². The molecule has 0 spiro atoms. The van der Waals surface area contributed by atoms with Crippen LogP contribution < -0.4 is 0 Å². The molecule has 13 heavy (non-hydrogen) atoms. The first-order valence-corrected chi connectivity index (χ1v) is 5.27. The van der Waals surface area contributed by atoms with Crippen LogP contribution in [0.1, 0.15) is 23.1 Å².